The Morgan fingerprint density at radius 1 is 0.889 bits per heavy atom. The van der Waals surface area contributed by atoms with Gasteiger partial charge in [-0.3, -0.25) is 0 Å². The molecule has 0 aliphatic carbocycles. The molecule has 0 aliphatic heterocycles. The molecule has 0 saturated carbocycles. The van der Waals surface area contributed by atoms with Gasteiger partial charge in [0.25, 0.3) is 0 Å². The van der Waals surface area contributed by atoms with Gasteiger partial charge in [-0.1, -0.05) is 53.5 Å². The SMILES string of the molecule is O=S(=O)(Oc1ccccc1-c1nc2ccccc2o1)c1cccc(Cl)c1Cl. The molecule has 0 saturated heterocycles. The zero-order chi connectivity index (χ0) is 19.0. The van der Waals surface area contributed by atoms with Crippen LogP contribution in [-0.2, 0) is 10.1 Å². The van der Waals surface area contributed by atoms with Crippen molar-refractivity contribution in [1.82, 2.24) is 4.98 Å². The number of benzene rings is 3. The molecule has 0 N–H and O–H groups in total. The van der Waals surface area contributed by atoms with Crippen LogP contribution in [0.3, 0.4) is 0 Å². The van der Waals surface area contributed by atoms with Crippen LogP contribution in [0.4, 0.5) is 0 Å². The fourth-order valence-corrected chi connectivity index (χ4v) is 4.23. The lowest BCUT2D eigenvalue weighted by Crippen LogP contribution is -2.11. The lowest BCUT2D eigenvalue weighted by Gasteiger charge is -2.11. The van der Waals surface area contributed by atoms with E-state index in [1.807, 2.05) is 12.1 Å². The molecule has 0 radical (unpaired) electrons. The van der Waals surface area contributed by atoms with Crippen LogP contribution in [0.15, 0.2) is 76.0 Å². The molecule has 5 nitrogen and oxygen atoms in total. The van der Waals surface area contributed by atoms with E-state index in [2.05, 4.69) is 4.98 Å². The van der Waals surface area contributed by atoms with Crippen LogP contribution in [-0.4, -0.2) is 13.4 Å². The second-order valence-electron chi connectivity index (χ2n) is 5.57. The molecule has 0 atom stereocenters. The number of oxazole rings is 1. The number of para-hydroxylation sites is 3. The first-order valence-electron chi connectivity index (χ1n) is 7.79. The summed E-state index contributed by atoms with van der Waals surface area (Å²) in [5.41, 5.74) is 1.64. The number of halogens is 2. The molecule has 0 unspecified atom stereocenters. The van der Waals surface area contributed by atoms with Gasteiger partial charge in [0, 0.05) is 0 Å². The molecule has 27 heavy (non-hydrogen) atoms. The minimum absolute atomic E-state index is 0.0695. The highest BCUT2D eigenvalue weighted by Gasteiger charge is 2.24. The number of aromatic nitrogens is 1. The van der Waals surface area contributed by atoms with Gasteiger partial charge >= 0.3 is 10.1 Å². The predicted molar refractivity (Wildman–Crippen MR) is 104 cm³/mol. The van der Waals surface area contributed by atoms with Crippen molar-refractivity contribution in [3.8, 4) is 17.2 Å². The zero-order valence-electron chi connectivity index (χ0n) is 13.6. The lowest BCUT2D eigenvalue weighted by molar-refractivity contribution is 0.485. The minimum Gasteiger partial charge on any atom is -0.436 e. The van der Waals surface area contributed by atoms with Crippen molar-refractivity contribution in [3.05, 3.63) is 76.8 Å². The van der Waals surface area contributed by atoms with Crippen LogP contribution in [0.5, 0.6) is 5.75 Å². The fraction of sp³-hybridized carbons (Fsp3) is 0. The van der Waals surface area contributed by atoms with E-state index in [-0.39, 0.29) is 26.6 Å². The zero-order valence-corrected chi connectivity index (χ0v) is 15.9. The van der Waals surface area contributed by atoms with Crippen LogP contribution in [0.1, 0.15) is 0 Å². The molecule has 4 rings (SSSR count). The van der Waals surface area contributed by atoms with Gasteiger partial charge in [0.2, 0.25) is 5.89 Å². The molecule has 0 bridgehead atoms. The molecule has 3 aromatic carbocycles. The van der Waals surface area contributed by atoms with E-state index >= 15 is 0 Å². The number of hydrogen-bond donors (Lipinski definition) is 0. The summed E-state index contributed by atoms with van der Waals surface area (Å²) in [5.74, 6) is 0.319. The maximum atomic E-state index is 12.7. The van der Waals surface area contributed by atoms with E-state index in [1.165, 1.54) is 24.3 Å². The average molecular weight is 420 g/mol. The lowest BCUT2D eigenvalue weighted by atomic mass is 10.2. The smallest absolute Gasteiger partial charge is 0.340 e. The molecule has 4 aromatic rings. The van der Waals surface area contributed by atoms with Crippen LogP contribution in [0.2, 0.25) is 10.0 Å². The Labute approximate surface area is 165 Å². The third kappa shape index (κ3) is 3.39. The summed E-state index contributed by atoms with van der Waals surface area (Å²) in [6.45, 7) is 0. The highest BCUT2D eigenvalue weighted by molar-refractivity contribution is 7.87. The summed E-state index contributed by atoms with van der Waals surface area (Å²) < 4.78 is 36.5. The normalized spacial score (nSPS) is 11.6. The van der Waals surface area contributed by atoms with E-state index in [1.54, 1.807) is 30.3 Å². The van der Waals surface area contributed by atoms with Crippen molar-refractivity contribution in [2.45, 2.75) is 4.90 Å². The van der Waals surface area contributed by atoms with Gasteiger partial charge in [0.15, 0.2) is 11.3 Å². The first-order chi connectivity index (χ1) is 13.0. The molecule has 8 heteroatoms. The molecule has 136 valence electrons. The molecular formula is C19H11Cl2NO4S. The Bertz CT molecular complexity index is 1220. The summed E-state index contributed by atoms with van der Waals surface area (Å²) in [7, 11) is -4.21. The largest absolute Gasteiger partial charge is 0.436 e. The quantitative estimate of drug-likeness (QED) is 0.404. The predicted octanol–water partition coefficient (Wildman–Crippen LogP) is 5.57. The summed E-state index contributed by atoms with van der Waals surface area (Å²) in [6.07, 6.45) is 0. The van der Waals surface area contributed by atoms with Crippen molar-refractivity contribution in [2.75, 3.05) is 0 Å². The van der Waals surface area contributed by atoms with Gasteiger partial charge in [-0.2, -0.15) is 8.42 Å². The van der Waals surface area contributed by atoms with E-state index < -0.39 is 10.1 Å². The maximum Gasteiger partial charge on any atom is 0.340 e. The van der Waals surface area contributed by atoms with Crippen molar-refractivity contribution in [1.29, 1.82) is 0 Å². The molecule has 0 fully saturated rings. The highest BCUT2D eigenvalue weighted by Crippen LogP contribution is 2.35. The van der Waals surface area contributed by atoms with Gasteiger partial charge in [-0.05, 0) is 36.4 Å². The Morgan fingerprint density at radius 3 is 2.44 bits per heavy atom. The van der Waals surface area contributed by atoms with Crippen LogP contribution < -0.4 is 4.18 Å². The maximum absolute atomic E-state index is 12.7. The van der Waals surface area contributed by atoms with Gasteiger partial charge in [-0.25, -0.2) is 4.98 Å². The van der Waals surface area contributed by atoms with Crippen LogP contribution in [0.25, 0.3) is 22.6 Å². The molecule has 0 spiro atoms. The third-order valence-corrected chi connectivity index (χ3v) is 6.01. The number of hydrogen-bond acceptors (Lipinski definition) is 5. The first-order valence-corrected chi connectivity index (χ1v) is 9.95. The van der Waals surface area contributed by atoms with Gasteiger partial charge in [-0.15, -0.1) is 0 Å². The van der Waals surface area contributed by atoms with E-state index in [0.29, 0.717) is 16.7 Å². The first kappa shape index (κ1) is 17.9. The minimum atomic E-state index is -4.21. The molecular weight excluding hydrogens is 409 g/mol. The second kappa shape index (κ2) is 6.88. The van der Waals surface area contributed by atoms with E-state index in [0.717, 1.165) is 0 Å². The van der Waals surface area contributed by atoms with Crippen molar-refractivity contribution in [2.24, 2.45) is 0 Å². The van der Waals surface area contributed by atoms with Crippen LogP contribution in [0, 0.1) is 0 Å². The summed E-state index contributed by atoms with van der Waals surface area (Å²) in [4.78, 5) is 4.17. The summed E-state index contributed by atoms with van der Waals surface area (Å²) in [5, 5.41) is 0.0205. The van der Waals surface area contributed by atoms with Crippen LogP contribution >= 0.6 is 23.2 Å². The molecule has 1 heterocycles. The molecule has 1 aromatic heterocycles. The Morgan fingerprint density at radius 2 is 1.63 bits per heavy atom. The standard InChI is InChI=1S/C19H11Cl2NO4S/c20-13-7-5-11-17(18(13)21)27(23,24)26-15-9-3-1-6-12(15)19-22-14-8-2-4-10-16(14)25-19/h1-11H. The Balaban J connectivity index is 1.78. The second-order valence-corrected chi connectivity index (χ2v) is 7.87. The molecule has 0 aliphatic rings. The van der Waals surface area contributed by atoms with E-state index in [4.69, 9.17) is 31.8 Å². The number of fused-ring (bicyclic) bond motifs is 1. The average Bonchev–Trinajstić information content (AvgIpc) is 3.08. The van der Waals surface area contributed by atoms with Gasteiger partial charge in [0.05, 0.1) is 15.6 Å². The third-order valence-electron chi connectivity index (χ3n) is 3.80. The Kier molecular flexibility index (Phi) is 4.55. The van der Waals surface area contributed by atoms with Gasteiger partial charge in [0.1, 0.15) is 10.4 Å². The summed E-state index contributed by atoms with van der Waals surface area (Å²) >= 11 is 12.0. The van der Waals surface area contributed by atoms with Crippen molar-refractivity contribution >= 4 is 44.4 Å². The van der Waals surface area contributed by atoms with E-state index in [9.17, 15) is 8.42 Å². The number of nitrogens with zero attached hydrogens (tertiary/aromatic N) is 1. The van der Waals surface area contributed by atoms with Gasteiger partial charge < -0.3 is 8.60 Å². The fourth-order valence-electron chi connectivity index (χ4n) is 2.54. The van der Waals surface area contributed by atoms with Crippen molar-refractivity contribution in [3.63, 3.8) is 0 Å². The topological polar surface area (TPSA) is 69.4 Å². The monoisotopic (exact) mass is 419 g/mol. The highest BCUT2D eigenvalue weighted by atomic mass is 35.5. The Hall–Kier alpha value is -2.54. The van der Waals surface area contributed by atoms with Crippen molar-refractivity contribution < 1.29 is 17.0 Å². The summed E-state index contributed by atoms with van der Waals surface area (Å²) in [6, 6.07) is 18.1. The number of rotatable bonds is 4. The molecule has 0 amide bonds.